The summed E-state index contributed by atoms with van der Waals surface area (Å²) in [5.41, 5.74) is 1.47. The van der Waals surface area contributed by atoms with E-state index in [0.29, 0.717) is 28.1 Å². The number of terminal acetylenes is 1. The number of carboxylic acid groups (broad SMARTS) is 1. The fourth-order valence-electron chi connectivity index (χ4n) is 2.63. The molecular weight excluding hydrogens is 388 g/mol. The third kappa shape index (κ3) is 4.86. The first-order valence-corrected chi connectivity index (χ1v) is 9.63. The number of benzene rings is 2. The third-order valence-electron chi connectivity index (χ3n) is 4.02. The molecule has 0 aromatic heterocycles. The van der Waals surface area contributed by atoms with Crippen LogP contribution in [0.4, 0.5) is 5.69 Å². The van der Waals surface area contributed by atoms with Gasteiger partial charge in [0.1, 0.15) is 12.4 Å². The van der Waals surface area contributed by atoms with Gasteiger partial charge in [-0.05, 0) is 60.7 Å². The molecular formula is C22H18N2O4S. The molecule has 0 saturated carbocycles. The molecule has 0 spiro atoms. The largest absolute Gasteiger partial charge is 0.481 e. The van der Waals surface area contributed by atoms with Crippen molar-refractivity contribution < 1.29 is 19.4 Å². The van der Waals surface area contributed by atoms with Gasteiger partial charge in [-0.25, -0.2) is 9.79 Å². The Morgan fingerprint density at radius 1 is 1.31 bits per heavy atom. The average Bonchev–Trinajstić information content (AvgIpc) is 3.01. The Balaban J connectivity index is 1.85. The molecule has 6 nitrogen and oxygen atoms in total. The zero-order valence-corrected chi connectivity index (χ0v) is 16.5. The number of rotatable bonds is 6. The van der Waals surface area contributed by atoms with Crippen LogP contribution in [0.5, 0.6) is 5.75 Å². The zero-order valence-electron chi connectivity index (χ0n) is 15.7. The summed E-state index contributed by atoms with van der Waals surface area (Å²) in [6, 6.07) is 13.6. The van der Waals surface area contributed by atoms with Crippen molar-refractivity contribution in [3.8, 4) is 18.1 Å². The summed E-state index contributed by atoms with van der Waals surface area (Å²) in [5, 5.41) is 9.65. The van der Waals surface area contributed by atoms with E-state index in [1.807, 2.05) is 19.1 Å². The number of amides is 1. The van der Waals surface area contributed by atoms with E-state index >= 15 is 0 Å². The number of nitrogens with zero attached hydrogens (tertiary/aromatic N) is 2. The highest BCUT2D eigenvalue weighted by Crippen LogP contribution is 2.34. The van der Waals surface area contributed by atoms with Gasteiger partial charge in [-0.2, -0.15) is 0 Å². The monoisotopic (exact) mass is 406 g/mol. The maximum Gasteiger partial charge on any atom is 0.335 e. The molecule has 1 saturated heterocycles. The van der Waals surface area contributed by atoms with Gasteiger partial charge in [0.15, 0.2) is 5.17 Å². The Bertz CT molecular complexity index is 1040. The second-order valence-corrected chi connectivity index (χ2v) is 6.98. The van der Waals surface area contributed by atoms with Gasteiger partial charge in [0, 0.05) is 6.54 Å². The number of aliphatic imine (C=N–C) groups is 1. The van der Waals surface area contributed by atoms with Crippen molar-refractivity contribution in [2.24, 2.45) is 4.99 Å². The van der Waals surface area contributed by atoms with Crippen LogP contribution in [0.15, 0.2) is 58.4 Å². The molecule has 1 N–H and O–H groups in total. The van der Waals surface area contributed by atoms with E-state index < -0.39 is 5.97 Å². The maximum absolute atomic E-state index is 12.7. The van der Waals surface area contributed by atoms with Crippen molar-refractivity contribution in [1.82, 2.24) is 4.90 Å². The van der Waals surface area contributed by atoms with E-state index in [2.05, 4.69) is 10.9 Å². The van der Waals surface area contributed by atoms with Gasteiger partial charge in [-0.1, -0.05) is 24.1 Å². The van der Waals surface area contributed by atoms with Crippen LogP contribution in [0.25, 0.3) is 6.08 Å². The van der Waals surface area contributed by atoms with Gasteiger partial charge >= 0.3 is 5.97 Å². The van der Waals surface area contributed by atoms with Gasteiger partial charge in [-0.15, -0.1) is 6.42 Å². The molecule has 0 unspecified atom stereocenters. The minimum absolute atomic E-state index is 0.140. The van der Waals surface area contributed by atoms with Crippen LogP contribution in [0.3, 0.4) is 0 Å². The normalized spacial score (nSPS) is 16.3. The van der Waals surface area contributed by atoms with Gasteiger partial charge in [0.05, 0.1) is 16.2 Å². The lowest BCUT2D eigenvalue weighted by Gasteiger charge is -2.12. The van der Waals surface area contributed by atoms with E-state index in [1.54, 1.807) is 35.2 Å². The molecule has 7 heteroatoms. The van der Waals surface area contributed by atoms with Crippen molar-refractivity contribution in [3.63, 3.8) is 0 Å². The maximum atomic E-state index is 12.7. The zero-order chi connectivity index (χ0) is 20.8. The smallest absolute Gasteiger partial charge is 0.335 e. The van der Waals surface area contributed by atoms with Crippen molar-refractivity contribution in [1.29, 1.82) is 0 Å². The highest BCUT2D eigenvalue weighted by molar-refractivity contribution is 8.18. The molecule has 0 bridgehead atoms. The van der Waals surface area contributed by atoms with E-state index in [4.69, 9.17) is 16.3 Å². The van der Waals surface area contributed by atoms with Crippen LogP contribution >= 0.6 is 11.8 Å². The summed E-state index contributed by atoms with van der Waals surface area (Å²) in [4.78, 5) is 30.5. The number of hydrogen-bond donors (Lipinski definition) is 1. The Morgan fingerprint density at radius 2 is 2.07 bits per heavy atom. The molecule has 1 aliphatic rings. The summed E-state index contributed by atoms with van der Waals surface area (Å²) in [7, 11) is 0. The minimum atomic E-state index is -1.02. The fraction of sp³-hybridized carbons (Fsp3) is 0.136. The van der Waals surface area contributed by atoms with Gasteiger partial charge < -0.3 is 9.84 Å². The van der Waals surface area contributed by atoms with E-state index in [9.17, 15) is 9.59 Å². The summed E-state index contributed by atoms with van der Waals surface area (Å²) in [6.45, 7) is 2.52. The predicted molar refractivity (Wildman–Crippen MR) is 114 cm³/mol. The second-order valence-electron chi connectivity index (χ2n) is 5.97. The van der Waals surface area contributed by atoms with Crippen LogP contribution in [0, 0.1) is 12.3 Å². The topological polar surface area (TPSA) is 79.2 Å². The highest BCUT2D eigenvalue weighted by Gasteiger charge is 2.32. The highest BCUT2D eigenvalue weighted by atomic mass is 32.2. The number of thioether (sulfide) groups is 1. The first-order chi connectivity index (χ1) is 14.0. The molecule has 0 atom stereocenters. The molecule has 1 heterocycles. The van der Waals surface area contributed by atoms with Gasteiger partial charge in [-0.3, -0.25) is 9.69 Å². The summed E-state index contributed by atoms with van der Waals surface area (Å²) in [5.74, 6) is 1.90. The van der Waals surface area contributed by atoms with Crippen molar-refractivity contribution in [2.75, 3.05) is 13.2 Å². The summed E-state index contributed by atoms with van der Waals surface area (Å²) in [6.07, 6.45) is 6.97. The number of hydrogen-bond acceptors (Lipinski definition) is 5. The van der Waals surface area contributed by atoms with Crippen LogP contribution in [-0.4, -0.2) is 40.2 Å². The van der Waals surface area contributed by atoms with E-state index in [0.717, 1.165) is 5.56 Å². The van der Waals surface area contributed by atoms with Crippen LogP contribution in [0.1, 0.15) is 22.8 Å². The molecule has 0 radical (unpaired) electrons. The lowest BCUT2D eigenvalue weighted by atomic mass is 10.2. The van der Waals surface area contributed by atoms with E-state index in [-0.39, 0.29) is 18.1 Å². The minimum Gasteiger partial charge on any atom is -0.481 e. The Morgan fingerprint density at radius 3 is 2.72 bits per heavy atom. The number of carboxylic acids is 1. The van der Waals surface area contributed by atoms with Crippen molar-refractivity contribution in [2.45, 2.75) is 6.92 Å². The molecule has 29 heavy (non-hydrogen) atoms. The molecule has 146 valence electrons. The van der Waals surface area contributed by atoms with Crippen LogP contribution in [-0.2, 0) is 4.79 Å². The molecule has 1 amide bonds. The number of ether oxygens (including phenoxy) is 1. The molecule has 2 aromatic carbocycles. The van der Waals surface area contributed by atoms with Crippen LogP contribution in [0.2, 0.25) is 0 Å². The predicted octanol–water partition coefficient (Wildman–Crippen LogP) is 4.02. The first kappa shape index (κ1) is 20.2. The Hall–Kier alpha value is -3.50. The van der Waals surface area contributed by atoms with Gasteiger partial charge in [0.25, 0.3) is 5.91 Å². The van der Waals surface area contributed by atoms with Crippen LogP contribution < -0.4 is 4.74 Å². The summed E-state index contributed by atoms with van der Waals surface area (Å²) < 4.78 is 5.35. The number of likely N-dealkylation sites (N-methyl/N-ethyl adjacent to an activating group) is 1. The molecule has 3 rings (SSSR count). The SMILES string of the molecule is C#CCOc1ccc(/C=C2\SC(=Nc3cccc(C(=O)O)c3)N(CC)C2=O)cc1. The molecule has 0 aliphatic carbocycles. The Kier molecular flexibility index (Phi) is 6.37. The third-order valence-corrected chi connectivity index (χ3v) is 5.03. The average molecular weight is 406 g/mol. The molecule has 2 aromatic rings. The first-order valence-electron chi connectivity index (χ1n) is 8.81. The molecule has 1 fully saturated rings. The lowest BCUT2D eigenvalue weighted by Crippen LogP contribution is -2.28. The fourth-order valence-corrected chi connectivity index (χ4v) is 3.69. The van der Waals surface area contributed by atoms with E-state index in [1.165, 1.54) is 23.9 Å². The quantitative estimate of drug-likeness (QED) is 0.579. The standard InChI is InChI=1S/C22H18N2O4S/c1-3-12-28-18-10-8-15(9-11-18)13-19-20(25)24(4-2)22(29-19)23-17-7-5-6-16(14-17)21(26)27/h1,5-11,13-14H,4,12H2,2H3,(H,26,27)/b19-13-,23-22?. The lowest BCUT2D eigenvalue weighted by molar-refractivity contribution is -0.122. The van der Waals surface area contributed by atoms with Crippen molar-refractivity contribution >= 4 is 40.6 Å². The Labute approximate surface area is 172 Å². The number of carbonyl (C=O) groups is 2. The van der Waals surface area contributed by atoms with Gasteiger partial charge in [0.2, 0.25) is 0 Å². The number of carbonyl (C=O) groups excluding carboxylic acids is 1. The number of aromatic carboxylic acids is 1. The number of amidine groups is 1. The van der Waals surface area contributed by atoms with Crippen molar-refractivity contribution in [3.05, 3.63) is 64.6 Å². The summed E-state index contributed by atoms with van der Waals surface area (Å²) >= 11 is 1.26. The molecule has 1 aliphatic heterocycles. The second kappa shape index (κ2) is 9.13.